The molecule has 0 saturated carbocycles. The Balaban J connectivity index is 2.57. The van der Waals surface area contributed by atoms with Gasteiger partial charge in [0.15, 0.2) is 5.78 Å². The first kappa shape index (κ1) is 10.5. The minimum absolute atomic E-state index is 0.184. The minimum atomic E-state index is 0.184. The summed E-state index contributed by atoms with van der Waals surface area (Å²) >= 11 is 0. The Labute approximate surface area is 85.1 Å². The zero-order valence-corrected chi connectivity index (χ0v) is 8.42. The molecule has 0 bridgehead atoms. The van der Waals surface area contributed by atoms with E-state index >= 15 is 0 Å². The molecule has 0 amide bonds. The second kappa shape index (κ2) is 5.24. The molecule has 1 aromatic rings. The van der Waals surface area contributed by atoms with E-state index < -0.39 is 0 Å². The van der Waals surface area contributed by atoms with Gasteiger partial charge < -0.3 is 0 Å². The van der Waals surface area contributed by atoms with E-state index in [0.717, 1.165) is 17.5 Å². The smallest absolute Gasteiger partial charge is 0.162 e. The lowest BCUT2D eigenvalue weighted by molar-refractivity contribution is 0.0980. The van der Waals surface area contributed by atoms with Crippen molar-refractivity contribution in [3.05, 3.63) is 35.4 Å². The van der Waals surface area contributed by atoms with Gasteiger partial charge in [-0.15, -0.1) is 12.3 Å². The van der Waals surface area contributed by atoms with E-state index in [-0.39, 0.29) is 5.78 Å². The molecule has 0 aliphatic rings. The molecule has 0 atom stereocenters. The zero-order valence-electron chi connectivity index (χ0n) is 8.42. The highest BCUT2D eigenvalue weighted by Crippen LogP contribution is 2.08. The van der Waals surface area contributed by atoms with Gasteiger partial charge in [0.1, 0.15) is 0 Å². The number of rotatable bonds is 4. The number of ketones is 1. The largest absolute Gasteiger partial charge is 0.294 e. The molecule has 1 heteroatoms. The number of aryl methyl sites for hydroxylation is 1. The average molecular weight is 186 g/mol. The number of terminal acetylenes is 1. The molecule has 0 aromatic heterocycles. The number of hydrogen-bond donors (Lipinski definition) is 0. The first-order chi connectivity index (χ1) is 6.74. The standard InChI is InChI=1S/C13H14O/c1-3-4-5-9-13(14)12-8-6-7-11(2)10-12/h1,6-8,10H,4-5,9H2,2H3. The zero-order chi connectivity index (χ0) is 10.4. The number of Topliss-reactive ketones (excluding diaryl/α,β-unsaturated/α-hetero) is 1. The summed E-state index contributed by atoms with van der Waals surface area (Å²) in [5, 5.41) is 0. The third-order valence-corrected chi connectivity index (χ3v) is 2.07. The fourth-order valence-corrected chi connectivity index (χ4v) is 1.31. The van der Waals surface area contributed by atoms with Crippen LogP contribution in [-0.2, 0) is 0 Å². The molecule has 0 aliphatic carbocycles. The fourth-order valence-electron chi connectivity index (χ4n) is 1.31. The Morgan fingerprint density at radius 1 is 1.50 bits per heavy atom. The Hall–Kier alpha value is -1.55. The highest BCUT2D eigenvalue weighted by Gasteiger charge is 2.04. The molecule has 0 radical (unpaired) electrons. The second-order valence-electron chi connectivity index (χ2n) is 3.35. The maximum Gasteiger partial charge on any atom is 0.162 e. The van der Waals surface area contributed by atoms with Crippen molar-refractivity contribution < 1.29 is 4.79 Å². The van der Waals surface area contributed by atoms with Crippen molar-refractivity contribution in [2.75, 3.05) is 0 Å². The topological polar surface area (TPSA) is 17.1 Å². The Bertz CT molecular complexity index is 358. The summed E-state index contributed by atoms with van der Waals surface area (Å²) in [5.41, 5.74) is 1.91. The third-order valence-electron chi connectivity index (χ3n) is 2.07. The first-order valence-electron chi connectivity index (χ1n) is 4.77. The van der Waals surface area contributed by atoms with Crippen molar-refractivity contribution in [3.63, 3.8) is 0 Å². The predicted octanol–water partition coefficient (Wildman–Crippen LogP) is 2.98. The van der Waals surface area contributed by atoms with E-state index in [0.29, 0.717) is 12.8 Å². The van der Waals surface area contributed by atoms with Crippen molar-refractivity contribution >= 4 is 5.78 Å². The van der Waals surface area contributed by atoms with Crippen molar-refractivity contribution in [2.45, 2.75) is 26.2 Å². The van der Waals surface area contributed by atoms with Gasteiger partial charge in [-0.05, 0) is 19.4 Å². The number of benzene rings is 1. The van der Waals surface area contributed by atoms with E-state index in [1.54, 1.807) is 0 Å². The minimum Gasteiger partial charge on any atom is -0.294 e. The number of unbranched alkanes of at least 4 members (excludes halogenated alkanes) is 1. The molecule has 1 aromatic carbocycles. The van der Waals surface area contributed by atoms with E-state index in [9.17, 15) is 4.79 Å². The van der Waals surface area contributed by atoms with Gasteiger partial charge in [-0.1, -0.05) is 23.8 Å². The summed E-state index contributed by atoms with van der Waals surface area (Å²) in [6, 6.07) is 7.66. The average Bonchev–Trinajstić information content (AvgIpc) is 2.18. The molecule has 0 aliphatic heterocycles. The highest BCUT2D eigenvalue weighted by atomic mass is 16.1. The van der Waals surface area contributed by atoms with E-state index in [1.165, 1.54) is 0 Å². The van der Waals surface area contributed by atoms with Crippen LogP contribution in [0.2, 0.25) is 0 Å². The van der Waals surface area contributed by atoms with Crippen LogP contribution in [-0.4, -0.2) is 5.78 Å². The van der Waals surface area contributed by atoms with Crippen molar-refractivity contribution in [2.24, 2.45) is 0 Å². The Morgan fingerprint density at radius 2 is 2.29 bits per heavy atom. The van der Waals surface area contributed by atoms with Crippen molar-refractivity contribution in [3.8, 4) is 12.3 Å². The van der Waals surface area contributed by atoms with Crippen LogP contribution in [0.15, 0.2) is 24.3 Å². The van der Waals surface area contributed by atoms with Crippen LogP contribution in [0, 0.1) is 19.3 Å². The summed E-state index contributed by atoms with van der Waals surface area (Å²) in [7, 11) is 0. The Kier molecular flexibility index (Phi) is 3.94. The first-order valence-corrected chi connectivity index (χ1v) is 4.77. The normalized spacial score (nSPS) is 9.43. The van der Waals surface area contributed by atoms with Crippen LogP contribution in [0.4, 0.5) is 0 Å². The van der Waals surface area contributed by atoms with Crippen LogP contribution in [0.5, 0.6) is 0 Å². The summed E-state index contributed by atoms with van der Waals surface area (Å²) in [6.07, 6.45) is 7.12. The van der Waals surface area contributed by atoms with Crippen molar-refractivity contribution in [1.29, 1.82) is 0 Å². The maximum absolute atomic E-state index is 11.6. The number of carbonyl (C=O) groups is 1. The van der Waals surface area contributed by atoms with Gasteiger partial charge >= 0.3 is 0 Å². The predicted molar refractivity (Wildman–Crippen MR) is 58.2 cm³/mol. The fraction of sp³-hybridized carbons (Fsp3) is 0.308. The van der Waals surface area contributed by atoms with Gasteiger partial charge in [0.2, 0.25) is 0 Å². The number of hydrogen-bond acceptors (Lipinski definition) is 1. The summed E-state index contributed by atoms with van der Waals surface area (Å²) in [6.45, 7) is 1.98. The molecule has 0 spiro atoms. The SMILES string of the molecule is C#CCCCC(=O)c1cccc(C)c1. The van der Waals surface area contributed by atoms with Gasteiger partial charge in [-0.2, -0.15) is 0 Å². The van der Waals surface area contributed by atoms with Crippen LogP contribution in [0.25, 0.3) is 0 Å². The Morgan fingerprint density at radius 3 is 2.93 bits per heavy atom. The maximum atomic E-state index is 11.6. The molecule has 0 heterocycles. The lowest BCUT2D eigenvalue weighted by Gasteiger charge is -2.00. The second-order valence-corrected chi connectivity index (χ2v) is 3.35. The molecule has 0 saturated heterocycles. The summed E-state index contributed by atoms with van der Waals surface area (Å²) < 4.78 is 0. The van der Waals surface area contributed by atoms with E-state index in [4.69, 9.17) is 6.42 Å². The molecule has 0 N–H and O–H groups in total. The summed E-state index contributed by atoms with van der Waals surface area (Å²) in [5.74, 6) is 2.72. The summed E-state index contributed by atoms with van der Waals surface area (Å²) in [4.78, 5) is 11.6. The molecule has 0 unspecified atom stereocenters. The molecular formula is C13H14O. The van der Waals surface area contributed by atoms with E-state index in [1.807, 2.05) is 31.2 Å². The van der Waals surface area contributed by atoms with E-state index in [2.05, 4.69) is 5.92 Å². The molecule has 1 rings (SSSR count). The quantitative estimate of drug-likeness (QED) is 0.401. The highest BCUT2D eigenvalue weighted by molar-refractivity contribution is 5.96. The van der Waals surface area contributed by atoms with Crippen molar-refractivity contribution in [1.82, 2.24) is 0 Å². The number of carbonyl (C=O) groups excluding carboxylic acids is 1. The monoisotopic (exact) mass is 186 g/mol. The van der Waals surface area contributed by atoms with Gasteiger partial charge in [0.25, 0.3) is 0 Å². The molecule has 1 nitrogen and oxygen atoms in total. The van der Waals surface area contributed by atoms with Gasteiger partial charge in [-0.25, -0.2) is 0 Å². The molecule has 72 valence electrons. The molecule has 14 heavy (non-hydrogen) atoms. The van der Waals surface area contributed by atoms with Crippen LogP contribution < -0.4 is 0 Å². The van der Waals surface area contributed by atoms with Gasteiger partial charge in [-0.3, -0.25) is 4.79 Å². The van der Waals surface area contributed by atoms with Crippen LogP contribution in [0.3, 0.4) is 0 Å². The van der Waals surface area contributed by atoms with Crippen LogP contribution >= 0.6 is 0 Å². The van der Waals surface area contributed by atoms with Gasteiger partial charge in [0, 0.05) is 18.4 Å². The lowest BCUT2D eigenvalue weighted by atomic mass is 10.0. The molecular weight excluding hydrogens is 172 g/mol. The molecule has 0 fully saturated rings. The van der Waals surface area contributed by atoms with Gasteiger partial charge in [0.05, 0.1) is 0 Å². The third kappa shape index (κ3) is 3.06. The van der Waals surface area contributed by atoms with Crippen LogP contribution in [0.1, 0.15) is 35.2 Å². The lowest BCUT2D eigenvalue weighted by Crippen LogP contribution is -1.98.